The van der Waals surface area contributed by atoms with Gasteiger partial charge in [-0.25, -0.2) is 0 Å². The summed E-state index contributed by atoms with van der Waals surface area (Å²) < 4.78 is 5.19. The van der Waals surface area contributed by atoms with Gasteiger partial charge in [-0.3, -0.25) is 4.79 Å². The molecule has 2 aliphatic heterocycles. The van der Waals surface area contributed by atoms with Crippen LogP contribution in [0.1, 0.15) is 0 Å². The van der Waals surface area contributed by atoms with Crippen LogP contribution < -0.4 is 0 Å². The Morgan fingerprint density at radius 1 is 1.36 bits per heavy atom. The summed E-state index contributed by atoms with van der Waals surface area (Å²) in [5, 5.41) is 0. The molecule has 4 heteroatoms. The monoisotopic (exact) mass is 154 g/mol. The summed E-state index contributed by atoms with van der Waals surface area (Å²) in [6.45, 7) is 6.24. The predicted molar refractivity (Wildman–Crippen MR) is 38.4 cm³/mol. The Balaban J connectivity index is 1.54. The second-order valence-corrected chi connectivity index (χ2v) is 2.82. The zero-order chi connectivity index (χ0) is 7.84. The third-order valence-corrected chi connectivity index (χ3v) is 1.79. The summed E-state index contributed by atoms with van der Waals surface area (Å²) in [5.41, 5.74) is 1.11. The van der Waals surface area contributed by atoms with Crippen molar-refractivity contribution in [2.45, 2.75) is 0 Å². The third-order valence-electron chi connectivity index (χ3n) is 1.79. The van der Waals surface area contributed by atoms with E-state index in [9.17, 15) is 4.79 Å². The molecule has 0 atom stereocenters. The first-order valence-electron chi connectivity index (χ1n) is 3.55. The highest BCUT2D eigenvalue weighted by atomic mass is 16.5. The van der Waals surface area contributed by atoms with Crippen LogP contribution >= 0.6 is 0 Å². The van der Waals surface area contributed by atoms with Crippen LogP contribution in [-0.2, 0) is 9.53 Å². The molecule has 0 saturated carbocycles. The Kier molecular flexibility index (Phi) is 1.35. The topological polar surface area (TPSA) is 32.3 Å². The molecule has 0 aliphatic carbocycles. The van der Waals surface area contributed by atoms with E-state index in [1.54, 1.807) is 4.90 Å². The van der Waals surface area contributed by atoms with Crippen LogP contribution in [0.3, 0.4) is 0 Å². The van der Waals surface area contributed by atoms with Gasteiger partial charge in [0, 0.05) is 5.70 Å². The van der Waals surface area contributed by atoms with E-state index in [2.05, 4.69) is 6.58 Å². The van der Waals surface area contributed by atoms with Gasteiger partial charge in [0.15, 0.2) is 0 Å². The van der Waals surface area contributed by atoms with Crippen LogP contribution in [-0.4, -0.2) is 42.3 Å². The molecule has 2 saturated heterocycles. The summed E-state index contributed by atoms with van der Waals surface area (Å²) >= 11 is 0. The maximum atomic E-state index is 10.5. The van der Waals surface area contributed by atoms with E-state index < -0.39 is 0 Å². The summed E-state index contributed by atoms with van der Waals surface area (Å²) in [6.07, 6.45) is 0. The van der Waals surface area contributed by atoms with Gasteiger partial charge in [0.2, 0.25) is 5.91 Å². The van der Waals surface area contributed by atoms with Crippen molar-refractivity contribution in [3.63, 3.8) is 0 Å². The minimum absolute atomic E-state index is 0.176. The number of amides is 1. The first-order valence-corrected chi connectivity index (χ1v) is 3.55. The van der Waals surface area contributed by atoms with Gasteiger partial charge >= 0.3 is 0 Å². The van der Waals surface area contributed by atoms with Gasteiger partial charge < -0.3 is 14.5 Å². The van der Waals surface area contributed by atoms with Crippen molar-refractivity contribution in [3.8, 4) is 0 Å². The van der Waals surface area contributed by atoms with Crippen LogP contribution in [0.15, 0.2) is 12.3 Å². The van der Waals surface area contributed by atoms with Crippen molar-refractivity contribution in [3.05, 3.63) is 12.3 Å². The molecule has 4 nitrogen and oxygen atoms in total. The Labute approximate surface area is 65.0 Å². The molecule has 2 rings (SSSR count). The largest absolute Gasteiger partial charge is 0.345 e. The lowest BCUT2D eigenvalue weighted by Crippen LogP contribution is -2.11. The lowest BCUT2D eigenvalue weighted by atomic mass is 10.8. The molecule has 2 aliphatic rings. The van der Waals surface area contributed by atoms with Crippen molar-refractivity contribution < 1.29 is 9.53 Å². The van der Waals surface area contributed by atoms with Crippen LogP contribution in [0.2, 0.25) is 0 Å². The van der Waals surface area contributed by atoms with Crippen LogP contribution in [0.25, 0.3) is 0 Å². The summed E-state index contributed by atoms with van der Waals surface area (Å²) in [7, 11) is 0. The van der Waals surface area contributed by atoms with E-state index in [0.29, 0.717) is 20.0 Å². The fourth-order valence-corrected chi connectivity index (χ4v) is 0.829. The SMILES string of the molecule is C=C1CN1COCN1CC1=O. The van der Waals surface area contributed by atoms with Gasteiger partial charge in [-0.2, -0.15) is 0 Å². The molecule has 0 aromatic rings. The molecule has 0 bridgehead atoms. The predicted octanol–water partition coefficient (Wildman–Crippen LogP) is -0.411. The minimum atomic E-state index is 0.176. The Morgan fingerprint density at radius 3 is 2.36 bits per heavy atom. The second kappa shape index (κ2) is 2.23. The third kappa shape index (κ3) is 1.51. The van der Waals surface area contributed by atoms with E-state index in [0.717, 1.165) is 12.2 Å². The van der Waals surface area contributed by atoms with Crippen molar-refractivity contribution in [1.29, 1.82) is 0 Å². The number of hydrogen-bond acceptors (Lipinski definition) is 3. The van der Waals surface area contributed by atoms with E-state index >= 15 is 0 Å². The minimum Gasteiger partial charge on any atom is -0.345 e. The van der Waals surface area contributed by atoms with Crippen molar-refractivity contribution >= 4 is 5.91 Å². The number of carbonyl (C=O) groups excluding carboxylic acids is 1. The highest BCUT2D eigenvalue weighted by Crippen LogP contribution is 2.18. The Morgan fingerprint density at radius 2 is 1.91 bits per heavy atom. The number of nitrogens with zero attached hydrogens (tertiary/aromatic N) is 2. The number of carbonyl (C=O) groups is 1. The van der Waals surface area contributed by atoms with Crippen LogP contribution in [0.4, 0.5) is 0 Å². The molecule has 0 spiro atoms. The second-order valence-electron chi connectivity index (χ2n) is 2.82. The molecule has 60 valence electrons. The molecule has 0 aromatic carbocycles. The molecule has 0 unspecified atom stereocenters. The Bertz CT molecular complexity index is 192. The van der Waals surface area contributed by atoms with Crippen molar-refractivity contribution in [1.82, 2.24) is 9.80 Å². The lowest BCUT2D eigenvalue weighted by Gasteiger charge is -2.03. The maximum absolute atomic E-state index is 10.5. The summed E-state index contributed by atoms with van der Waals surface area (Å²) in [4.78, 5) is 14.1. The molecule has 0 aromatic heterocycles. The lowest BCUT2D eigenvalue weighted by molar-refractivity contribution is -0.115. The van der Waals surface area contributed by atoms with E-state index in [-0.39, 0.29) is 5.91 Å². The zero-order valence-electron chi connectivity index (χ0n) is 6.25. The van der Waals surface area contributed by atoms with Crippen molar-refractivity contribution in [2.75, 3.05) is 26.6 Å². The van der Waals surface area contributed by atoms with Gasteiger partial charge in [-0.1, -0.05) is 6.58 Å². The molecular formula is C7H10N2O2. The van der Waals surface area contributed by atoms with Gasteiger partial charge in [0.05, 0.1) is 6.54 Å². The van der Waals surface area contributed by atoms with E-state index in [1.165, 1.54) is 0 Å². The number of ether oxygens (including phenoxy) is 1. The fraction of sp³-hybridized carbons (Fsp3) is 0.571. The smallest absolute Gasteiger partial charge is 0.244 e. The number of hydrogen-bond donors (Lipinski definition) is 0. The molecule has 0 N–H and O–H groups in total. The zero-order valence-corrected chi connectivity index (χ0v) is 6.25. The van der Waals surface area contributed by atoms with E-state index in [4.69, 9.17) is 4.74 Å². The van der Waals surface area contributed by atoms with Gasteiger partial charge in [0.25, 0.3) is 0 Å². The van der Waals surface area contributed by atoms with Gasteiger partial charge in [0.1, 0.15) is 20.0 Å². The fourth-order valence-electron chi connectivity index (χ4n) is 0.829. The number of rotatable bonds is 4. The maximum Gasteiger partial charge on any atom is 0.244 e. The normalized spacial score (nSPS) is 21.1. The molecule has 2 heterocycles. The highest BCUT2D eigenvalue weighted by molar-refractivity contribution is 5.92. The summed E-state index contributed by atoms with van der Waals surface area (Å²) in [6, 6.07) is 0. The first kappa shape index (κ1) is 6.67. The van der Waals surface area contributed by atoms with Crippen LogP contribution in [0, 0.1) is 0 Å². The Hall–Kier alpha value is -1.03. The van der Waals surface area contributed by atoms with Crippen LogP contribution in [0.5, 0.6) is 0 Å². The van der Waals surface area contributed by atoms with Gasteiger partial charge in [-0.05, 0) is 0 Å². The quantitative estimate of drug-likeness (QED) is 0.516. The molecular weight excluding hydrogens is 144 g/mol. The van der Waals surface area contributed by atoms with E-state index in [1.807, 2.05) is 4.90 Å². The average molecular weight is 154 g/mol. The average Bonchev–Trinajstić information content (AvgIpc) is 2.79. The molecule has 0 radical (unpaired) electrons. The molecule has 1 amide bonds. The van der Waals surface area contributed by atoms with Crippen molar-refractivity contribution in [2.24, 2.45) is 0 Å². The van der Waals surface area contributed by atoms with Gasteiger partial charge in [-0.15, -0.1) is 0 Å². The standard InChI is InChI=1S/C7H10N2O2/c1-6-2-8(6)4-11-5-9-3-7(9)10/h1-5H2. The molecule has 11 heavy (non-hydrogen) atoms. The summed E-state index contributed by atoms with van der Waals surface area (Å²) in [5.74, 6) is 0.176. The molecule has 2 fully saturated rings. The highest BCUT2D eigenvalue weighted by Gasteiger charge is 2.30. The first-order chi connectivity index (χ1) is 5.27.